The lowest BCUT2D eigenvalue weighted by molar-refractivity contribution is 0.0600. The molecule has 1 aliphatic rings. The summed E-state index contributed by atoms with van der Waals surface area (Å²) in [4.78, 5) is 23.7. The van der Waals surface area contributed by atoms with Gasteiger partial charge in [-0.1, -0.05) is 0 Å². The van der Waals surface area contributed by atoms with E-state index < -0.39 is 11.8 Å². The van der Waals surface area contributed by atoms with Gasteiger partial charge >= 0.3 is 5.97 Å². The Hall–Kier alpha value is -2.70. The van der Waals surface area contributed by atoms with Crippen LogP contribution in [0.25, 0.3) is 0 Å². The number of nitrogens with zero attached hydrogens (tertiary/aromatic N) is 1. The van der Waals surface area contributed by atoms with Crippen LogP contribution in [0.4, 0.5) is 4.39 Å². The molecule has 1 amide bonds. The molecule has 0 spiro atoms. The first-order valence-electron chi connectivity index (χ1n) is 7.28. The van der Waals surface area contributed by atoms with Gasteiger partial charge in [-0.15, -0.1) is 0 Å². The van der Waals surface area contributed by atoms with Gasteiger partial charge in [0.2, 0.25) is 0 Å². The maximum Gasteiger partial charge on any atom is 0.337 e. The molecule has 0 aliphatic heterocycles. The second-order valence-electron chi connectivity index (χ2n) is 5.45. The second kappa shape index (κ2) is 6.20. The number of amides is 1. The molecule has 0 unspecified atom stereocenters. The number of hydrogen-bond acceptors (Lipinski definition) is 4. The monoisotopic (exact) mass is 317 g/mol. The van der Waals surface area contributed by atoms with Gasteiger partial charge in [0.1, 0.15) is 5.82 Å². The molecule has 7 heteroatoms. The van der Waals surface area contributed by atoms with Crippen molar-refractivity contribution in [3.63, 3.8) is 0 Å². The zero-order chi connectivity index (χ0) is 16.4. The van der Waals surface area contributed by atoms with Gasteiger partial charge in [0.25, 0.3) is 5.91 Å². The standard InChI is InChI=1S/C16H16FN3O3/c1-23-16(22)10-4-5-13(17)11(6-10)7-18-15(21)12-8-19-20-14(12)9-2-3-9/h4-6,8-9H,2-3,7H2,1H3,(H,18,21)(H,19,20). The smallest absolute Gasteiger partial charge is 0.337 e. The lowest BCUT2D eigenvalue weighted by Gasteiger charge is -2.08. The highest BCUT2D eigenvalue weighted by Crippen LogP contribution is 2.40. The fourth-order valence-electron chi connectivity index (χ4n) is 2.39. The molecule has 120 valence electrons. The Balaban J connectivity index is 1.71. The number of halogens is 1. The summed E-state index contributed by atoms with van der Waals surface area (Å²) < 4.78 is 18.4. The van der Waals surface area contributed by atoms with Crippen LogP contribution in [-0.2, 0) is 11.3 Å². The minimum Gasteiger partial charge on any atom is -0.465 e. The van der Waals surface area contributed by atoms with Crippen LogP contribution in [0.3, 0.4) is 0 Å². The lowest BCUT2D eigenvalue weighted by Crippen LogP contribution is -2.24. The fraction of sp³-hybridized carbons (Fsp3) is 0.312. The summed E-state index contributed by atoms with van der Waals surface area (Å²) in [5.41, 5.74) is 1.76. The number of rotatable bonds is 5. The average Bonchev–Trinajstić information content (AvgIpc) is 3.29. The molecular weight excluding hydrogens is 301 g/mol. The van der Waals surface area contributed by atoms with E-state index in [2.05, 4.69) is 20.3 Å². The van der Waals surface area contributed by atoms with Crippen molar-refractivity contribution in [1.29, 1.82) is 0 Å². The minimum atomic E-state index is -0.552. The predicted octanol–water partition coefficient (Wildman–Crippen LogP) is 2.14. The van der Waals surface area contributed by atoms with E-state index in [-0.39, 0.29) is 23.6 Å². The van der Waals surface area contributed by atoms with Crippen LogP contribution in [0.5, 0.6) is 0 Å². The van der Waals surface area contributed by atoms with E-state index in [0.717, 1.165) is 18.5 Å². The van der Waals surface area contributed by atoms with Crippen molar-refractivity contribution >= 4 is 11.9 Å². The summed E-state index contributed by atoms with van der Waals surface area (Å²) in [6, 6.07) is 3.90. The first-order valence-corrected chi connectivity index (χ1v) is 7.28. The number of aromatic amines is 1. The third kappa shape index (κ3) is 3.23. The van der Waals surface area contributed by atoms with Crippen molar-refractivity contribution in [2.24, 2.45) is 0 Å². The SMILES string of the molecule is COC(=O)c1ccc(F)c(CNC(=O)c2cn[nH]c2C2CC2)c1. The normalized spacial score (nSPS) is 13.7. The number of aromatic nitrogens is 2. The molecule has 1 aromatic heterocycles. The zero-order valence-electron chi connectivity index (χ0n) is 12.6. The topological polar surface area (TPSA) is 84.1 Å². The molecule has 1 aromatic carbocycles. The van der Waals surface area contributed by atoms with Crippen LogP contribution in [0.15, 0.2) is 24.4 Å². The van der Waals surface area contributed by atoms with E-state index in [1.165, 1.54) is 31.5 Å². The molecular formula is C16H16FN3O3. The molecule has 2 N–H and O–H groups in total. The van der Waals surface area contributed by atoms with Crippen LogP contribution in [-0.4, -0.2) is 29.2 Å². The highest BCUT2D eigenvalue weighted by molar-refractivity contribution is 5.95. The maximum absolute atomic E-state index is 13.8. The molecule has 1 heterocycles. The van der Waals surface area contributed by atoms with E-state index in [0.29, 0.717) is 11.5 Å². The van der Waals surface area contributed by atoms with E-state index in [9.17, 15) is 14.0 Å². The molecule has 1 fully saturated rings. The number of hydrogen-bond donors (Lipinski definition) is 2. The van der Waals surface area contributed by atoms with Gasteiger partial charge in [0.15, 0.2) is 0 Å². The van der Waals surface area contributed by atoms with E-state index in [1.807, 2.05) is 0 Å². The van der Waals surface area contributed by atoms with Crippen molar-refractivity contribution < 1.29 is 18.7 Å². The van der Waals surface area contributed by atoms with Crippen LogP contribution in [0, 0.1) is 5.82 Å². The highest BCUT2D eigenvalue weighted by atomic mass is 19.1. The number of nitrogens with one attached hydrogen (secondary N) is 2. The average molecular weight is 317 g/mol. The summed E-state index contributed by atoms with van der Waals surface area (Å²) >= 11 is 0. The largest absolute Gasteiger partial charge is 0.465 e. The first-order chi connectivity index (χ1) is 11.1. The first kappa shape index (κ1) is 15.2. The van der Waals surface area contributed by atoms with Crippen LogP contribution < -0.4 is 5.32 Å². The van der Waals surface area contributed by atoms with Crippen LogP contribution in [0.2, 0.25) is 0 Å². The Morgan fingerprint density at radius 3 is 2.91 bits per heavy atom. The number of methoxy groups -OCH3 is 1. The Labute approximate surface area is 132 Å². The summed E-state index contributed by atoms with van der Waals surface area (Å²) in [7, 11) is 1.26. The fourth-order valence-corrected chi connectivity index (χ4v) is 2.39. The Bertz CT molecular complexity index is 753. The Morgan fingerprint density at radius 2 is 2.22 bits per heavy atom. The van der Waals surface area contributed by atoms with Crippen molar-refractivity contribution in [1.82, 2.24) is 15.5 Å². The van der Waals surface area contributed by atoms with Gasteiger partial charge in [0.05, 0.1) is 30.1 Å². The van der Waals surface area contributed by atoms with Crippen LogP contribution >= 0.6 is 0 Å². The van der Waals surface area contributed by atoms with Gasteiger partial charge in [-0.3, -0.25) is 9.89 Å². The van der Waals surface area contributed by atoms with Crippen molar-refractivity contribution in [2.75, 3.05) is 7.11 Å². The van der Waals surface area contributed by atoms with Gasteiger partial charge < -0.3 is 10.1 Å². The highest BCUT2D eigenvalue weighted by Gasteiger charge is 2.29. The van der Waals surface area contributed by atoms with E-state index in [4.69, 9.17) is 0 Å². The molecule has 0 radical (unpaired) electrons. The van der Waals surface area contributed by atoms with Gasteiger partial charge in [-0.2, -0.15) is 5.10 Å². The zero-order valence-corrected chi connectivity index (χ0v) is 12.6. The quantitative estimate of drug-likeness (QED) is 0.828. The third-order valence-corrected chi connectivity index (χ3v) is 3.81. The number of carbonyl (C=O) groups is 2. The van der Waals surface area contributed by atoms with Crippen molar-refractivity contribution in [2.45, 2.75) is 25.3 Å². The lowest BCUT2D eigenvalue weighted by atomic mass is 10.1. The summed E-state index contributed by atoms with van der Waals surface area (Å²) in [6.45, 7) is -0.0230. The minimum absolute atomic E-state index is 0.0230. The van der Waals surface area contributed by atoms with E-state index >= 15 is 0 Å². The van der Waals surface area contributed by atoms with Gasteiger partial charge in [-0.05, 0) is 31.0 Å². The number of benzene rings is 1. The molecule has 6 nitrogen and oxygen atoms in total. The number of esters is 1. The molecule has 23 heavy (non-hydrogen) atoms. The molecule has 0 atom stereocenters. The molecule has 1 saturated carbocycles. The Kier molecular flexibility index (Phi) is 4.10. The number of H-pyrrole nitrogens is 1. The number of carbonyl (C=O) groups excluding carboxylic acids is 2. The van der Waals surface area contributed by atoms with Crippen molar-refractivity contribution in [3.05, 3.63) is 52.6 Å². The Morgan fingerprint density at radius 1 is 1.43 bits per heavy atom. The summed E-state index contributed by atoms with van der Waals surface area (Å²) in [5, 5.41) is 9.41. The summed E-state index contributed by atoms with van der Waals surface area (Å²) in [6.07, 6.45) is 3.56. The molecule has 2 aromatic rings. The van der Waals surface area contributed by atoms with Crippen LogP contribution in [0.1, 0.15) is 50.7 Å². The van der Waals surface area contributed by atoms with E-state index in [1.54, 1.807) is 0 Å². The molecule has 1 aliphatic carbocycles. The predicted molar refractivity (Wildman–Crippen MR) is 79.5 cm³/mol. The van der Waals surface area contributed by atoms with Gasteiger partial charge in [0, 0.05) is 18.0 Å². The second-order valence-corrected chi connectivity index (χ2v) is 5.45. The summed E-state index contributed by atoms with van der Waals surface area (Å²) in [5.74, 6) is -1.00. The molecule has 3 rings (SSSR count). The molecule has 0 bridgehead atoms. The number of ether oxygens (including phenoxy) is 1. The van der Waals surface area contributed by atoms with Gasteiger partial charge in [-0.25, -0.2) is 9.18 Å². The maximum atomic E-state index is 13.8. The third-order valence-electron chi connectivity index (χ3n) is 3.81. The van der Waals surface area contributed by atoms with Crippen molar-refractivity contribution in [3.8, 4) is 0 Å². The molecule has 0 saturated heterocycles.